The highest BCUT2D eigenvalue weighted by atomic mass is 32.2. The summed E-state index contributed by atoms with van der Waals surface area (Å²) in [7, 11) is -3.68. The smallest absolute Gasteiger partial charge is 0.263 e. The van der Waals surface area contributed by atoms with Gasteiger partial charge in [0.05, 0.1) is 5.69 Å². The number of hydrogen-bond acceptors (Lipinski definition) is 4. The molecule has 4 nitrogen and oxygen atoms in total. The van der Waals surface area contributed by atoms with Gasteiger partial charge in [-0.1, -0.05) is 6.07 Å². The summed E-state index contributed by atoms with van der Waals surface area (Å²) in [6.45, 7) is 1.87. The van der Waals surface area contributed by atoms with E-state index in [0.29, 0.717) is 5.69 Å². The van der Waals surface area contributed by atoms with E-state index in [2.05, 4.69) is 4.72 Å². The monoisotopic (exact) mass is 318 g/mol. The van der Waals surface area contributed by atoms with Crippen LogP contribution in [0.1, 0.15) is 5.56 Å². The molecule has 6 heteroatoms. The fraction of sp³-hybridized carbons (Fsp3) is 0.0667. The van der Waals surface area contributed by atoms with Gasteiger partial charge in [0.1, 0.15) is 4.90 Å². The number of benzene rings is 2. The molecule has 2 aromatic carbocycles. The minimum atomic E-state index is -3.68. The number of thiophene rings is 1. The summed E-state index contributed by atoms with van der Waals surface area (Å²) in [5, 5.41) is 2.98. The van der Waals surface area contributed by atoms with Crippen LogP contribution in [-0.2, 0) is 10.0 Å². The fourth-order valence-electron chi connectivity index (χ4n) is 2.15. The highest BCUT2D eigenvalue weighted by Crippen LogP contribution is 2.27. The third-order valence-corrected chi connectivity index (χ3v) is 5.51. The third-order valence-electron chi connectivity index (χ3n) is 3.16. The molecule has 0 fully saturated rings. The Morgan fingerprint density at radius 2 is 1.90 bits per heavy atom. The van der Waals surface area contributed by atoms with Crippen LogP contribution in [-0.4, -0.2) is 8.42 Å². The van der Waals surface area contributed by atoms with Crippen LogP contribution in [0.15, 0.2) is 52.7 Å². The SMILES string of the molecule is Cc1ccc(S(=O)(=O)Nc2ccc3sccc3c2)c(N)c1. The second-order valence-electron chi connectivity index (χ2n) is 4.82. The van der Waals surface area contributed by atoms with Crippen molar-refractivity contribution in [2.75, 3.05) is 10.5 Å². The molecule has 0 aliphatic heterocycles. The van der Waals surface area contributed by atoms with Crippen molar-refractivity contribution in [2.45, 2.75) is 11.8 Å². The van der Waals surface area contributed by atoms with E-state index >= 15 is 0 Å². The Morgan fingerprint density at radius 3 is 2.67 bits per heavy atom. The molecule has 0 amide bonds. The molecular weight excluding hydrogens is 304 g/mol. The average Bonchev–Trinajstić information content (AvgIpc) is 2.85. The van der Waals surface area contributed by atoms with Crippen LogP contribution in [0.2, 0.25) is 0 Å². The van der Waals surface area contributed by atoms with Crippen molar-refractivity contribution in [2.24, 2.45) is 0 Å². The Kier molecular flexibility index (Phi) is 3.35. The van der Waals surface area contributed by atoms with Crippen molar-refractivity contribution in [1.29, 1.82) is 0 Å². The second kappa shape index (κ2) is 5.05. The molecule has 0 saturated heterocycles. The van der Waals surface area contributed by atoms with Crippen molar-refractivity contribution < 1.29 is 8.42 Å². The lowest BCUT2D eigenvalue weighted by atomic mass is 10.2. The average molecular weight is 318 g/mol. The number of hydrogen-bond donors (Lipinski definition) is 2. The Balaban J connectivity index is 1.98. The van der Waals surface area contributed by atoms with E-state index in [0.717, 1.165) is 15.6 Å². The lowest BCUT2D eigenvalue weighted by Crippen LogP contribution is -2.14. The van der Waals surface area contributed by atoms with Gasteiger partial charge in [-0.25, -0.2) is 8.42 Å². The number of sulfonamides is 1. The van der Waals surface area contributed by atoms with E-state index in [9.17, 15) is 8.42 Å². The maximum absolute atomic E-state index is 12.4. The Hall–Kier alpha value is -2.05. The molecule has 21 heavy (non-hydrogen) atoms. The van der Waals surface area contributed by atoms with Gasteiger partial charge in [-0.3, -0.25) is 4.72 Å². The minimum Gasteiger partial charge on any atom is -0.398 e. The number of aryl methyl sites for hydroxylation is 1. The fourth-order valence-corrected chi connectivity index (χ4v) is 4.09. The number of anilines is 2. The molecule has 0 atom stereocenters. The molecule has 0 saturated carbocycles. The zero-order valence-electron chi connectivity index (χ0n) is 11.3. The molecule has 108 valence electrons. The molecule has 0 aliphatic carbocycles. The summed E-state index contributed by atoms with van der Waals surface area (Å²) in [6.07, 6.45) is 0. The first-order valence-electron chi connectivity index (χ1n) is 6.32. The first-order valence-corrected chi connectivity index (χ1v) is 8.68. The number of nitrogens with two attached hydrogens (primary N) is 1. The van der Waals surface area contributed by atoms with Crippen molar-refractivity contribution in [3.8, 4) is 0 Å². The van der Waals surface area contributed by atoms with Crippen molar-refractivity contribution in [3.63, 3.8) is 0 Å². The molecule has 0 unspecified atom stereocenters. The van der Waals surface area contributed by atoms with E-state index in [1.165, 1.54) is 6.07 Å². The maximum Gasteiger partial charge on any atom is 0.263 e. The van der Waals surface area contributed by atoms with Crippen LogP contribution < -0.4 is 10.5 Å². The molecule has 1 aromatic heterocycles. The highest BCUT2D eigenvalue weighted by Gasteiger charge is 2.17. The lowest BCUT2D eigenvalue weighted by Gasteiger charge is -2.10. The van der Waals surface area contributed by atoms with Gasteiger partial charge < -0.3 is 5.73 Å². The molecule has 3 aromatic rings. The number of rotatable bonds is 3. The summed E-state index contributed by atoms with van der Waals surface area (Å²) < 4.78 is 28.5. The van der Waals surface area contributed by atoms with Crippen LogP contribution in [0.3, 0.4) is 0 Å². The predicted octanol–water partition coefficient (Wildman–Crippen LogP) is 3.59. The summed E-state index contributed by atoms with van der Waals surface area (Å²) in [4.78, 5) is 0.0958. The zero-order valence-corrected chi connectivity index (χ0v) is 13.0. The van der Waals surface area contributed by atoms with Gasteiger partial charge in [-0.05, 0) is 59.7 Å². The topological polar surface area (TPSA) is 72.2 Å². The first-order chi connectivity index (χ1) is 9.95. The highest BCUT2D eigenvalue weighted by molar-refractivity contribution is 7.92. The van der Waals surface area contributed by atoms with E-state index in [-0.39, 0.29) is 10.6 Å². The minimum absolute atomic E-state index is 0.0958. The molecule has 0 bridgehead atoms. The summed E-state index contributed by atoms with van der Waals surface area (Å²) in [5.74, 6) is 0. The van der Waals surface area contributed by atoms with Crippen molar-refractivity contribution >= 4 is 42.8 Å². The van der Waals surface area contributed by atoms with E-state index < -0.39 is 10.0 Å². The van der Waals surface area contributed by atoms with Gasteiger partial charge in [0, 0.05) is 10.4 Å². The predicted molar refractivity (Wildman–Crippen MR) is 88.2 cm³/mol. The summed E-state index contributed by atoms with van der Waals surface area (Å²) >= 11 is 1.62. The van der Waals surface area contributed by atoms with Crippen molar-refractivity contribution in [1.82, 2.24) is 0 Å². The molecule has 0 radical (unpaired) electrons. The maximum atomic E-state index is 12.4. The van der Waals surface area contributed by atoms with Crippen molar-refractivity contribution in [3.05, 3.63) is 53.4 Å². The van der Waals surface area contributed by atoms with Gasteiger partial charge in [0.2, 0.25) is 0 Å². The standard InChI is InChI=1S/C15H14N2O2S2/c1-10-2-5-15(13(16)8-10)21(18,19)17-12-3-4-14-11(9-12)6-7-20-14/h2-9,17H,16H2,1H3. The van der Waals surface area contributed by atoms with Crippen LogP contribution in [0.5, 0.6) is 0 Å². The third kappa shape index (κ3) is 2.72. The number of nitrogen functional groups attached to an aromatic ring is 1. The Morgan fingerprint density at radius 1 is 1.10 bits per heavy atom. The van der Waals surface area contributed by atoms with Crippen LogP contribution in [0, 0.1) is 6.92 Å². The zero-order chi connectivity index (χ0) is 15.0. The molecular formula is C15H14N2O2S2. The molecule has 0 aliphatic rings. The number of nitrogens with one attached hydrogen (secondary N) is 1. The molecule has 1 heterocycles. The molecule has 3 N–H and O–H groups in total. The van der Waals surface area contributed by atoms with Crippen LogP contribution in [0.4, 0.5) is 11.4 Å². The van der Waals surface area contributed by atoms with E-state index in [1.807, 2.05) is 30.5 Å². The molecule has 0 spiro atoms. The first kappa shape index (κ1) is 13.9. The quantitative estimate of drug-likeness (QED) is 0.725. The second-order valence-corrected chi connectivity index (χ2v) is 7.42. The van der Waals surface area contributed by atoms with Crippen LogP contribution >= 0.6 is 11.3 Å². The van der Waals surface area contributed by atoms with Gasteiger partial charge in [0.25, 0.3) is 10.0 Å². The Labute approximate surface area is 127 Å². The summed E-state index contributed by atoms with van der Waals surface area (Å²) in [6, 6.07) is 12.3. The number of fused-ring (bicyclic) bond motifs is 1. The van der Waals surface area contributed by atoms with Gasteiger partial charge >= 0.3 is 0 Å². The normalized spacial score (nSPS) is 11.7. The lowest BCUT2D eigenvalue weighted by molar-refractivity contribution is 0.601. The van der Waals surface area contributed by atoms with Gasteiger partial charge in [-0.2, -0.15) is 0 Å². The van der Waals surface area contributed by atoms with Gasteiger partial charge in [-0.15, -0.1) is 11.3 Å². The van der Waals surface area contributed by atoms with Crippen LogP contribution in [0.25, 0.3) is 10.1 Å². The van der Waals surface area contributed by atoms with Gasteiger partial charge in [0.15, 0.2) is 0 Å². The summed E-state index contributed by atoms with van der Waals surface area (Å²) in [5.41, 5.74) is 7.52. The van der Waals surface area contributed by atoms with E-state index in [4.69, 9.17) is 5.73 Å². The Bertz CT molecular complexity index is 914. The van der Waals surface area contributed by atoms with E-state index in [1.54, 1.807) is 29.5 Å². The largest absolute Gasteiger partial charge is 0.398 e. The molecule has 3 rings (SSSR count).